The lowest BCUT2D eigenvalue weighted by molar-refractivity contribution is -0.136. The minimum atomic E-state index is -0.710. The average Bonchev–Trinajstić information content (AvgIpc) is 3.34. The Labute approximate surface area is 174 Å². The topological polar surface area (TPSA) is 94.3 Å². The standard InChI is InChI=1S/C23H24N4O3/c1-15-13-17(8-9-20(15)27-12-4-7-21(27)28)26-23(30)22(29)24-11-10-16-14-25-19-6-3-2-5-18(16)19/h2-3,5-6,8-9,13-14,25H,4,7,10-12H2,1H3,(H,24,29)(H,26,30). The summed E-state index contributed by atoms with van der Waals surface area (Å²) in [5.74, 6) is -1.27. The van der Waals surface area contributed by atoms with Gasteiger partial charge in [0, 0.05) is 48.0 Å². The lowest BCUT2D eigenvalue weighted by atomic mass is 10.1. The summed E-state index contributed by atoms with van der Waals surface area (Å²) >= 11 is 0. The quantitative estimate of drug-likeness (QED) is 0.571. The summed E-state index contributed by atoms with van der Waals surface area (Å²) in [6.07, 6.45) is 3.97. The molecule has 0 bridgehead atoms. The monoisotopic (exact) mass is 404 g/mol. The Morgan fingerprint density at radius 2 is 1.97 bits per heavy atom. The van der Waals surface area contributed by atoms with Crippen molar-refractivity contribution in [2.45, 2.75) is 26.2 Å². The molecule has 30 heavy (non-hydrogen) atoms. The summed E-state index contributed by atoms with van der Waals surface area (Å²) in [5.41, 5.74) is 4.39. The van der Waals surface area contributed by atoms with E-state index in [1.165, 1.54) is 0 Å². The van der Waals surface area contributed by atoms with Gasteiger partial charge in [0.25, 0.3) is 0 Å². The molecule has 7 heteroatoms. The molecule has 2 heterocycles. The fourth-order valence-corrected chi connectivity index (χ4v) is 3.86. The van der Waals surface area contributed by atoms with Gasteiger partial charge in [0.15, 0.2) is 0 Å². The molecule has 0 radical (unpaired) electrons. The van der Waals surface area contributed by atoms with Gasteiger partial charge >= 0.3 is 11.8 Å². The molecule has 3 N–H and O–H groups in total. The summed E-state index contributed by atoms with van der Waals surface area (Å²) in [6.45, 7) is 2.96. The minimum Gasteiger partial charge on any atom is -0.361 e. The number of rotatable bonds is 5. The number of amides is 3. The van der Waals surface area contributed by atoms with Crippen molar-refractivity contribution in [2.75, 3.05) is 23.3 Å². The molecule has 0 unspecified atom stereocenters. The zero-order valence-electron chi connectivity index (χ0n) is 16.8. The highest BCUT2D eigenvalue weighted by molar-refractivity contribution is 6.39. The van der Waals surface area contributed by atoms with Crippen LogP contribution in [-0.2, 0) is 20.8 Å². The van der Waals surface area contributed by atoms with Gasteiger partial charge in [-0.2, -0.15) is 0 Å². The van der Waals surface area contributed by atoms with Crippen LogP contribution in [0, 0.1) is 6.92 Å². The molecule has 4 rings (SSSR count). The fourth-order valence-electron chi connectivity index (χ4n) is 3.86. The molecule has 1 aromatic heterocycles. The predicted molar refractivity (Wildman–Crippen MR) is 116 cm³/mol. The molecular formula is C23H24N4O3. The first-order valence-corrected chi connectivity index (χ1v) is 10.1. The zero-order chi connectivity index (χ0) is 21.1. The maximum Gasteiger partial charge on any atom is 0.313 e. The molecule has 1 saturated heterocycles. The Kier molecular flexibility index (Phi) is 5.52. The number of aromatic nitrogens is 1. The first-order valence-electron chi connectivity index (χ1n) is 10.1. The number of hydrogen-bond acceptors (Lipinski definition) is 3. The normalized spacial score (nSPS) is 13.6. The van der Waals surface area contributed by atoms with Crippen LogP contribution >= 0.6 is 0 Å². The zero-order valence-corrected chi connectivity index (χ0v) is 16.8. The molecule has 1 aliphatic heterocycles. The first kappa shape index (κ1) is 19.7. The van der Waals surface area contributed by atoms with E-state index < -0.39 is 11.8 Å². The van der Waals surface area contributed by atoms with Crippen LogP contribution in [0.1, 0.15) is 24.0 Å². The second kappa shape index (κ2) is 8.41. The van der Waals surface area contributed by atoms with Gasteiger partial charge in [-0.3, -0.25) is 14.4 Å². The van der Waals surface area contributed by atoms with E-state index in [0.29, 0.717) is 31.6 Å². The van der Waals surface area contributed by atoms with Crippen LogP contribution < -0.4 is 15.5 Å². The summed E-state index contributed by atoms with van der Waals surface area (Å²) in [4.78, 5) is 41.3. The molecule has 1 fully saturated rings. The van der Waals surface area contributed by atoms with E-state index >= 15 is 0 Å². The summed E-state index contributed by atoms with van der Waals surface area (Å²) in [6, 6.07) is 13.3. The van der Waals surface area contributed by atoms with Crippen LogP contribution in [0.5, 0.6) is 0 Å². The van der Waals surface area contributed by atoms with E-state index in [1.54, 1.807) is 17.0 Å². The second-order valence-corrected chi connectivity index (χ2v) is 7.47. The Hall–Kier alpha value is -3.61. The van der Waals surface area contributed by atoms with Crippen LogP contribution in [-0.4, -0.2) is 35.8 Å². The number of aromatic amines is 1. The van der Waals surface area contributed by atoms with Gasteiger partial charge in [-0.1, -0.05) is 18.2 Å². The maximum atomic E-state index is 12.2. The Morgan fingerprint density at radius 1 is 1.13 bits per heavy atom. The number of nitrogens with zero attached hydrogens (tertiary/aromatic N) is 1. The third-order valence-corrected chi connectivity index (χ3v) is 5.38. The number of carbonyl (C=O) groups excluding carboxylic acids is 3. The molecule has 3 amide bonds. The highest BCUT2D eigenvalue weighted by Crippen LogP contribution is 2.27. The lowest BCUT2D eigenvalue weighted by Crippen LogP contribution is -2.36. The molecule has 3 aromatic rings. The molecule has 0 aliphatic carbocycles. The van der Waals surface area contributed by atoms with Crippen molar-refractivity contribution < 1.29 is 14.4 Å². The molecule has 0 atom stereocenters. The summed E-state index contributed by atoms with van der Waals surface area (Å²) in [5, 5.41) is 6.40. The van der Waals surface area contributed by atoms with Crippen molar-refractivity contribution in [2.24, 2.45) is 0 Å². The first-order chi connectivity index (χ1) is 14.5. The highest BCUT2D eigenvalue weighted by atomic mass is 16.2. The number of benzene rings is 2. The average molecular weight is 404 g/mol. The molecule has 2 aromatic carbocycles. The number of para-hydroxylation sites is 1. The summed E-state index contributed by atoms with van der Waals surface area (Å²) in [7, 11) is 0. The number of nitrogens with one attached hydrogen (secondary N) is 3. The van der Waals surface area contributed by atoms with E-state index in [9.17, 15) is 14.4 Å². The number of anilines is 2. The molecule has 1 aliphatic rings. The van der Waals surface area contributed by atoms with Crippen molar-refractivity contribution in [3.8, 4) is 0 Å². The SMILES string of the molecule is Cc1cc(NC(=O)C(=O)NCCc2c[nH]c3ccccc23)ccc1N1CCCC1=O. The van der Waals surface area contributed by atoms with Gasteiger partial charge in [0.1, 0.15) is 0 Å². The number of H-pyrrole nitrogens is 1. The molecule has 154 valence electrons. The largest absolute Gasteiger partial charge is 0.361 e. The fraction of sp³-hybridized carbons (Fsp3) is 0.261. The molecule has 0 saturated carbocycles. The number of aryl methyl sites for hydroxylation is 1. The van der Waals surface area contributed by atoms with Crippen LogP contribution in [0.15, 0.2) is 48.7 Å². The van der Waals surface area contributed by atoms with Crippen LogP contribution in [0.25, 0.3) is 10.9 Å². The van der Waals surface area contributed by atoms with E-state index in [2.05, 4.69) is 15.6 Å². The van der Waals surface area contributed by atoms with Gasteiger partial charge in [0.2, 0.25) is 5.91 Å². The number of hydrogen-bond donors (Lipinski definition) is 3. The van der Waals surface area contributed by atoms with E-state index in [-0.39, 0.29) is 5.91 Å². The molecule has 7 nitrogen and oxygen atoms in total. The van der Waals surface area contributed by atoms with Gasteiger partial charge in [-0.25, -0.2) is 0 Å². The third kappa shape index (κ3) is 4.05. The van der Waals surface area contributed by atoms with Gasteiger partial charge in [0.05, 0.1) is 0 Å². The minimum absolute atomic E-state index is 0.115. The molecule has 0 spiro atoms. The number of carbonyl (C=O) groups is 3. The van der Waals surface area contributed by atoms with E-state index in [1.807, 2.05) is 43.5 Å². The number of fused-ring (bicyclic) bond motifs is 1. The highest BCUT2D eigenvalue weighted by Gasteiger charge is 2.23. The van der Waals surface area contributed by atoms with Crippen molar-refractivity contribution in [1.82, 2.24) is 10.3 Å². The second-order valence-electron chi connectivity index (χ2n) is 7.47. The maximum absolute atomic E-state index is 12.2. The Balaban J connectivity index is 1.31. The van der Waals surface area contributed by atoms with Gasteiger partial charge < -0.3 is 20.5 Å². The van der Waals surface area contributed by atoms with Crippen molar-refractivity contribution >= 4 is 40.0 Å². The summed E-state index contributed by atoms with van der Waals surface area (Å²) < 4.78 is 0. The van der Waals surface area contributed by atoms with Crippen LogP contribution in [0.4, 0.5) is 11.4 Å². The van der Waals surface area contributed by atoms with Crippen LogP contribution in [0.2, 0.25) is 0 Å². The van der Waals surface area contributed by atoms with Crippen molar-refractivity contribution in [3.05, 3.63) is 59.8 Å². The molecular weight excluding hydrogens is 380 g/mol. The van der Waals surface area contributed by atoms with Gasteiger partial charge in [-0.05, 0) is 55.2 Å². The predicted octanol–water partition coefficient (Wildman–Crippen LogP) is 2.90. The smallest absolute Gasteiger partial charge is 0.313 e. The van der Waals surface area contributed by atoms with Crippen molar-refractivity contribution in [3.63, 3.8) is 0 Å². The Bertz CT molecular complexity index is 1120. The van der Waals surface area contributed by atoms with Crippen molar-refractivity contribution in [1.29, 1.82) is 0 Å². The lowest BCUT2D eigenvalue weighted by Gasteiger charge is -2.19. The van der Waals surface area contributed by atoms with Crippen LogP contribution in [0.3, 0.4) is 0 Å². The third-order valence-electron chi connectivity index (χ3n) is 5.38. The van der Waals surface area contributed by atoms with E-state index in [4.69, 9.17) is 0 Å². The Morgan fingerprint density at radius 3 is 2.73 bits per heavy atom. The van der Waals surface area contributed by atoms with Gasteiger partial charge in [-0.15, -0.1) is 0 Å². The van der Waals surface area contributed by atoms with E-state index in [0.717, 1.165) is 34.1 Å².